The zero-order valence-electron chi connectivity index (χ0n) is 21.2. The van der Waals surface area contributed by atoms with E-state index in [1.54, 1.807) is 32.9 Å². The second-order valence-electron chi connectivity index (χ2n) is 10.2. The first-order valence-corrected chi connectivity index (χ1v) is 12.0. The summed E-state index contributed by atoms with van der Waals surface area (Å²) < 4.78 is 101. The Hall–Kier alpha value is -3.64. The molecule has 0 fully saturated rings. The lowest BCUT2D eigenvalue weighted by molar-refractivity contribution is -0.249. The van der Waals surface area contributed by atoms with E-state index >= 15 is 0 Å². The number of carbonyl (C=O) groups is 1. The molecular weight excluding hydrogens is 533 g/mol. The molecule has 39 heavy (non-hydrogen) atoms. The van der Waals surface area contributed by atoms with Gasteiger partial charge in [-0.15, -0.1) is 0 Å². The number of hydrazone groups is 1. The van der Waals surface area contributed by atoms with Crippen molar-refractivity contribution < 1.29 is 40.3 Å². The van der Waals surface area contributed by atoms with Gasteiger partial charge in [-0.2, -0.15) is 27.1 Å². The molecule has 1 atom stereocenters. The highest BCUT2D eigenvalue weighted by molar-refractivity contribution is 5.95. The molecule has 3 heterocycles. The number of halogens is 7. The van der Waals surface area contributed by atoms with Gasteiger partial charge < -0.3 is 9.64 Å². The second kappa shape index (κ2) is 10.2. The van der Waals surface area contributed by atoms with Crippen molar-refractivity contribution in [3.8, 4) is 0 Å². The number of rotatable bonds is 4. The Labute approximate surface area is 219 Å². The van der Waals surface area contributed by atoms with Crippen molar-refractivity contribution in [2.24, 2.45) is 5.10 Å². The molecule has 0 aliphatic carbocycles. The summed E-state index contributed by atoms with van der Waals surface area (Å²) in [5.41, 5.74) is -1.21. The molecule has 2 aromatic rings. The largest absolute Gasteiger partial charge is 0.459 e. The number of nitrogens with zero attached hydrogens (tertiary/aromatic N) is 4. The lowest BCUT2D eigenvalue weighted by atomic mass is 9.96. The van der Waals surface area contributed by atoms with Gasteiger partial charge in [-0.25, -0.2) is 13.6 Å². The van der Waals surface area contributed by atoms with Crippen LogP contribution in [0.25, 0.3) is 5.57 Å². The Morgan fingerprint density at radius 3 is 2.36 bits per heavy atom. The van der Waals surface area contributed by atoms with E-state index in [1.165, 1.54) is 17.2 Å². The minimum atomic E-state index is -5.92. The van der Waals surface area contributed by atoms with Gasteiger partial charge in [0.05, 0.1) is 11.4 Å². The highest BCUT2D eigenvalue weighted by atomic mass is 19.4. The standard InChI is InChI=1S/C26H25F7N4O2/c1-24(2,3)39-23(38)36-10-7-15(8-11-36)16-6-9-34-19(12-16)21-14-22(25(29,30)26(31,32)33)35-37(21)20-5-4-17(27)13-18(20)28/h4-7,9,12-13,21H,8,10-11,14H2,1-3H3. The Bertz CT molecular complexity index is 1320. The Kier molecular flexibility index (Phi) is 7.39. The third kappa shape index (κ3) is 6.01. The van der Waals surface area contributed by atoms with Crippen LogP contribution in [0.5, 0.6) is 0 Å². The zero-order valence-corrected chi connectivity index (χ0v) is 21.2. The van der Waals surface area contributed by atoms with Crippen molar-refractivity contribution >= 4 is 23.1 Å². The Morgan fingerprint density at radius 2 is 1.77 bits per heavy atom. The molecule has 0 bridgehead atoms. The molecule has 1 unspecified atom stereocenters. The van der Waals surface area contributed by atoms with Crippen LogP contribution >= 0.6 is 0 Å². The SMILES string of the molecule is CC(C)(C)OC(=O)N1CC=C(c2ccnc(C3CC(C(F)(F)C(F)(F)F)=NN3c3ccc(F)cc3F)c2)CC1. The average molecular weight is 558 g/mol. The lowest BCUT2D eigenvalue weighted by Crippen LogP contribution is -2.43. The number of alkyl halides is 5. The predicted molar refractivity (Wildman–Crippen MR) is 129 cm³/mol. The minimum absolute atomic E-state index is 0.0587. The zero-order chi connectivity index (χ0) is 28.8. The number of benzene rings is 1. The van der Waals surface area contributed by atoms with E-state index < -0.39 is 59.3 Å². The van der Waals surface area contributed by atoms with E-state index in [1.807, 2.05) is 0 Å². The van der Waals surface area contributed by atoms with Crippen molar-refractivity contribution in [1.29, 1.82) is 0 Å². The van der Waals surface area contributed by atoms with Crippen LogP contribution in [0.1, 0.15) is 50.9 Å². The lowest BCUT2D eigenvalue weighted by Gasteiger charge is -2.30. The van der Waals surface area contributed by atoms with Crippen LogP contribution in [-0.4, -0.2) is 52.5 Å². The van der Waals surface area contributed by atoms with Crippen LogP contribution in [-0.2, 0) is 4.74 Å². The van der Waals surface area contributed by atoms with E-state index in [0.717, 1.165) is 17.7 Å². The second-order valence-corrected chi connectivity index (χ2v) is 10.2. The van der Waals surface area contributed by atoms with Crippen LogP contribution in [0.15, 0.2) is 47.7 Å². The maximum atomic E-state index is 14.6. The minimum Gasteiger partial charge on any atom is -0.444 e. The van der Waals surface area contributed by atoms with Gasteiger partial charge in [-0.05, 0) is 62.6 Å². The van der Waals surface area contributed by atoms with Crippen molar-refractivity contribution in [3.05, 3.63) is 65.5 Å². The van der Waals surface area contributed by atoms with Gasteiger partial charge in [0.15, 0.2) is 5.82 Å². The van der Waals surface area contributed by atoms with Crippen LogP contribution in [0.3, 0.4) is 0 Å². The van der Waals surface area contributed by atoms with Crippen LogP contribution < -0.4 is 5.01 Å². The monoisotopic (exact) mass is 558 g/mol. The Balaban J connectivity index is 1.64. The molecule has 0 N–H and O–H groups in total. The third-order valence-electron chi connectivity index (χ3n) is 6.14. The van der Waals surface area contributed by atoms with Crippen LogP contribution in [0.4, 0.5) is 41.2 Å². The smallest absolute Gasteiger partial charge is 0.444 e. The number of hydrogen-bond acceptors (Lipinski definition) is 5. The molecule has 2 aliphatic heterocycles. The first kappa shape index (κ1) is 28.4. The maximum absolute atomic E-state index is 14.6. The van der Waals surface area contributed by atoms with E-state index in [-0.39, 0.29) is 12.2 Å². The number of carbonyl (C=O) groups excluding carboxylic acids is 1. The van der Waals surface area contributed by atoms with Gasteiger partial charge >= 0.3 is 18.2 Å². The first-order chi connectivity index (χ1) is 18.1. The van der Waals surface area contributed by atoms with Gasteiger partial charge in [-0.1, -0.05) is 6.08 Å². The van der Waals surface area contributed by atoms with E-state index in [2.05, 4.69) is 10.1 Å². The predicted octanol–water partition coefficient (Wildman–Crippen LogP) is 6.89. The van der Waals surface area contributed by atoms with Crippen molar-refractivity contribution in [2.75, 3.05) is 18.1 Å². The number of aromatic nitrogens is 1. The maximum Gasteiger partial charge on any atom is 0.459 e. The molecule has 0 radical (unpaired) electrons. The molecule has 4 rings (SSSR count). The average Bonchev–Trinajstić information content (AvgIpc) is 3.28. The number of anilines is 1. The molecular formula is C26H25F7N4O2. The topological polar surface area (TPSA) is 58.0 Å². The molecule has 1 aromatic carbocycles. The summed E-state index contributed by atoms with van der Waals surface area (Å²) in [6.45, 7) is 5.82. The summed E-state index contributed by atoms with van der Waals surface area (Å²) in [6.07, 6.45) is -3.76. The molecule has 6 nitrogen and oxygen atoms in total. The highest BCUT2D eigenvalue weighted by Crippen LogP contribution is 2.45. The van der Waals surface area contributed by atoms with E-state index in [9.17, 15) is 35.5 Å². The number of hydrogen-bond donors (Lipinski definition) is 0. The quantitative estimate of drug-likeness (QED) is 0.384. The fourth-order valence-corrected chi connectivity index (χ4v) is 4.24. The van der Waals surface area contributed by atoms with Crippen LogP contribution in [0.2, 0.25) is 0 Å². The van der Waals surface area contributed by atoms with Crippen molar-refractivity contribution in [3.63, 3.8) is 0 Å². The third-order valence-corrected chi connectivity index (χ3v) is 6.14. The molecule has 1 amide bonds. The molecule has 0 saturated carbocycles. The van der Waals surface area contributed by atoms with E-state index in [0.29, 0.717) is 29.6 Å². The summed E-state index contributed by atoms with van der Waals surface area (Å²) in [7, 11) is 0. The molecule has 1 aromatic heterocycles. The van der Waals surface area contributed by atoms with Crippen molar-refractivity contribution in [2.45, 2.75) is 57.4 Å². The Morgan fingerprint density at radius 1 is 1.05 bits per heavy atom. The molecule has 210 valence electrons. The van der Waals surface area contributed by atoms with Crippen LogP contribution in [0, 0.1) is 11.6 Å². The summed E-state index contributed by atoms with van der Waals surface area (Å²) in [5.74, 6) is -7.42. The summed E-state index contributed by atoms with van der Waals surface area (Å²) in [6, 6.07) is 4.04. The normalized spacial score (nSPS) is 18.7. The number of ether oxygens (including phenoxy) is 1. The summed E-state index contributed by atoms with van der Waals surface area (Å²) in [5, 5.41) is 4.13. The first-order valence-electron chi connectivity index (χ1n) is 12.0. The number of amides is 1. The van der Waals surface area contributed by atoms with Gasteiger partial charge in [0.25, 0.3) is 0 Å². The number of pyridine rings is 1. The fourth-order valence-electron chi connectivity index (χ4n) is 4.24. The molecule has 13 heteroatoms. The van der Waals surface area contributed by atoms with Gasteiger partial charge in [-0.3, -0.25) is 9.99 Å². The fraction of sp³-hybridized carbons (Fsp3) is 0.423. The summed E-state index contributed by atoms with van der Waals surface area (Å²) >= 11 is 0. The highest BCUT2D eigenvalue weighted by Gasteiger charge is 2.63. The molecule has 0 spiro atoms. The molecule has 0 saturated heterocycles. The van der Waals surface area contributed by atoms with Gasteiger partial charge in [0, 0.05) is 31.8 Å². The van der Waals surface area contributed by atoms with E-state index in [4.69, 9.17) is 4.74 Å². The van der Waals surface area contributed by atoms with Gasteiger partial charge in [0.2, 0.25) is 0 Å². The van der Waals surface area contributed by atoms with Gasteiger partial charge in [0.1, 0.15) is 23.2 Å². The summed E-state index contributed by atoms with van der Waals surface area (Å²) in [4.78, 5) is 18.0. The molecule has 2 aliphatic rings. The van der Waals surface area contributed by atoms with Crippen molar-refractivity contribution in [1.82, 2.24) is 9.88 Å².